The van der Waals surface area contributed by atoms with E-state index in [0.29, 0.717) is 42.9 Å². The van der Waals surface area contributed by atoms with Crippen LogP contribution in [-0.4, -0.2) is 23.2 Å². The average Bonchev–Trinajstić information content (AvgIpc) is 3.28. The van der Waals surface area contributed by atoms with E-state index in [4.69, 9.17) is 26.1 Å². The van der Waals surface area contributed by atoms with E-state index in [1.54, 1.807) is 35.8 Å². The summed E-state index contributed by atoms with van der Waals surface area (Å²) in [5.74, 6) is 0.453. The van der Waals surface area contributed by atoms with Crippen LogP contribution < -0.4 is 19.6 Å². The highest BCUT2D eigenvalue weighted by Gasteiger charge is 2.35. The highest BCUT2D eigenvalue weighted by Crippen LogP contribution is 2.35. The Labute approximate surface area is 254 Å². The minimum absolute atomic E-state index is 0.0612. The molecule has 0 unspecified atom stereocenters. The Hall–Kier alpha value is -3.94. The van der Waals surface area contributed by atoms with Gasteiger partial charge in [-0.1, -0.05) is 91.4 Å². The Morgan fingerprint density at radius 2 is 1.76 bits per heavy atom. The molecule has 1 aliphatic rings. The second-order valence-electron chi connectivity index (χ2n) is 10.6. The van der Waals surface area contributed by atoms with E-state index in [9.17, 15) is 9.59 Å². The van der Waals surface area contributed by atoms with E-state index in [0.717, 1.165) is 16.7 Å². The van der Waals surface area contributed by atoms with Crippen molar-refractivity contribution in [1.82, 2.24) is 4.57 Å². The van der Waals surface area contributed by atoms with Crippen molar-refractivity contribution in [2.75, 3.05) is 6.61 Å². The Morgan fingerprint density at radius 1 is 1.05 bits per heavy atom. The molecule has 6 nitrogen and oxygen atoms in total. The summed E-state index contributed by atoms with van der Waals surface area (Å²) in [4.78, 5) is 33.3. The van der Waals surface area contributed by atoms with E-state index >= 15 is 0 Å². The molecule has 0 radical (unpaired) electrons. The van der Waals surface area contributed by atoms with Crippen LogP contribution in [0.25, 0.3) is 11.8 Å². The van der Waals surface area contributed by atoms with E-state index in [-0.39, 0.29) is 18.3 Å². The van der Waals surface area contributed by atoms with Crippen molar-refractivity contribution in [3.05, 3.63) is 125 Å². The first-order chi connectivity index (χ1) is 20.2. The smallest absolute Gasteiger partial charge is 0.338 e. The Morgan fingerprint density at radius 3 is 2.40 bits per heavy atom. The maximum atomic E-state index is 14.2. The molecule has 0 fully saturated rings. The van der Waals surface area contributed by atoms with Gasteiger partial charge in [-0.25, -0.2) is 9.79 Å². The van der Waals surface area contributed by atoms with Gasteiger partial charge in [0.25, 0.3) is 5.56 Å². The van der Waals surface area contributed by atoms with Crippen molar-refractivity contribution in [3.8, 4) is 5.75 Å². The second-order valence-corrected chi connectivity index (χ2v) is 12.0. The van der Waals surface area contributed by atoms with Crippen molar-refractivity contribution in [2.24, 2.45) is 4.99 Å². The number of fused-ring (bicyclic) bond motifs is 1. The first-order valence-corrected chi connectivity index (χ1v) is 15.2. The standard InChI is InChI=1S/C34H33ClN2O4S/c1-6-40-33(39)29-30(23-10-8-7-9-11-23)36-34-37(31(29)24-14-12-22(13-15-24)20(2)3)32(38)28(42-34)19-25-18-26(35)16-17-27(25)41-21(4)5/h7-21,31H,6H2,1-5H3/b28-19-/t31-/m0/s1. The van der Waals surface area contributed by atoms with Gasteiger partial charge in [0.15, 0.2) is 4.80 Å². The number of hydrogen-bond donors (Lipinski definition) is 0. The third-order valence-corrected chi connectivity index (χ3v) is 8.13. The normalized spacial score (nSPS) is 15.1. The predicted molar refractivity (Wildman–Crippen MR) is 169 cm³/mol. The van der Waals surface area contributed by atoms with E-state index in [1.165, 1.54) is 11.3 Å². The molecule has 0 N–H and O–H groups in total. The maximum Gasteiger partial charge on any atom is 0.338 e. The quantitative estimate of drug-likeness (QED) is 0.217. The fourth-order valence-corrected chi connectivity index (χ4v) is 6.13. The predicted octanol–water partition coefficient (Wildman–Crippen LogP) is 6.50. The fourth-order valence-electron chi connectivity index (χ4n) is 4.95. The molecule has 0 spiro atoms. The summed E-state index contributed by atoms with van der Waals surface area (Å²) in [6.45, 7) is 10.1. The molecule has 1 atom stereocenters. The third kappa shape index (κ3) is 5.98. The van der Waals surface area contributed by atoms with Crippen LogP contribution in [0.1, 0.15) is 68.8 Å². The summed E-state index contributed by atoms with van der Waals surface area (Å²) in [5, 5.41) is 0.532. The van der Waals surface area contributed by atoms with Gasteiger partial charge in [0.05, 0.1) is 34.6 Å². The molecule has 1 aliphatic heterocycles. The Balaban J connectivity index is 1.81. The van der Waals surface area contributed by atoms with Gasteiger partial charge in [0, 0.05) is 16.1 Å². The van der Waals surface area contributed by atoms with Crippen molar-refractivity contribution < 1.29 is 14.3 Å². The Kier molecular flexibility index (Phi) is 8.80. The second kappa shape index (κ2) is 12.5. The molecular weight excluding hydrogens is 568 g/mol. The van der Waals surface area contributed by atoms with Gasteiger partial charge in [0.2, 0.25) is 0 Å². The lowest BCUT2D eigenvalue weighted by Crippen LogP contribution is -2.40. The number of thiazole rings is 1. The Bertz CT molecular complexity index is 1820. The highest BCUT2D eigenvalue weighted by molar-refractivity contribution is 7.07. The minimum atomic E-state index is -0.732. The molecule has 0 saturated carbocycles. The molecule has 1 aromatic heterocycles. The van der Waals surface area contributed by atoms with Crippen molar-refractivity contribution >= 4 is 40.7 Å². The first kappa shape index (κ1) is 29.5. The van der Waals surface area contributed by atoms with Crippen LogP contribution in [-0.2, 0) is 9.53 Å². The lowest BCUT2D eigenvalue weighted by atomic mass is 9.91. The summed E-state index contributed by atoms with van der Waals surface area (Å²) in [7, 11) is 0. The van der Waals surface area contributed by atoms with Crippen molar-refractivity contribution in [3.63, 3.8) is 0 Å². The summed E-state index contributed by atoms with van der Waals surface area (Å²) in [6, 6.07) is 22.2. The molecular formula is C34H33ClN2O4S. The number of aromatic nitrogens is 1. The number of hydrogen-bond acceptors (Lipinski definition) is 6. The molecule has 0 saturated heterocycles. The van der Waals surface area contributed by atoms with Crippen molar-refractivity contribution in [1.29, 1.82) is 0 Å². The molecule has 0 aliphatic carbocycles. The summed E-state index contributed by atoms with van der Waals surface area (Å²) >= 11 is 7.60. The number of rotatable bonds is 8. The number of benzene rings is 3. The topological polar surface area (TPSA) is 69.9 Å². The third-order valence-electron chi connectivity index (χ3n) is 6.91. The van der Waals surface area contributed by atoms with Crippen LogP contribution in [0.4, 0.5) is 0 Å². The van der Waals surface area contributed by atoms with Gasteiger partial charge in [-0.2, -0.15) is 0 Å². The van der Waals surface area contributed by atoms with Gasteiger partial charge >= 0.3 is 5.97 Å². The molecule has 4 aromatic rings. The largest absolute Gasteiger partial charge is 0.490 e. The minimum Gasteiger partial charge on any atom is -0.490 e. The average molecular weight is 601 g/mol. The van der Waals surface area contributed by atoms with Crippen LogP contribution in [0.2, 0.25) is 5.02 Å². The van der Waals surface area contributed by atoms with Crippen LogP contribution in [0.3, 0.4) is 0 Å². The van der Waals surface area contributed by atoms with Crippen LogP contribution in [0, 0.1) is 0 Å². The van der Waals surface area contributed by atoms with Crippen molar-refractivity contribution in [2.45, 2.75) is 52.7 Å². The summed E-state index contributed by atoms with van der Waals surface area (Å²) in [6.07, 6.45) is 1.72. The van der Waals surface area contributed by atoms with E-state index in [1.807, 2.05) is 68.4 Å². The molecule has 0 bridgehead atoms. The van der Waals surface area contributed by atoms with Crippen LogP contribution in [0.15, 0.2) is 88.2 Å². The van der Waals surface area contributed by atoms with Crippen LogP contribution >= 0.6 is 22.9 Å². The molecule has 216 valence electrons. The van der Waals surface area contributed by atoms with E-state index < -0.39 is 12.0 Å². The van der Waals surface area contributed by atoms with Gasteiger partial charge < -0.3 is 9.47 Å². The maximum absolute atomic E-state index is 14.2. The van der Waals surface area contributed by atoms with Crippen LogP contribution in [0.5, 0.6) is 5.75 Å². The zero-order valence-electron chi connectivity index (χ0n) is 24.3. The van der Waals surface area contributed by atoms with E-state index in [2.05, 4.69) is 13.8 Å². The number of esters is 1. The first-order valence-electron chi connectivity index (χ1n) is 14.0. The molecule has 42 heavy (non-hydrogen) atoms. The lowest BCUT2D eigenvalue weighted by molar-refractivity contribution is -0.138. The number of halogens is 1. The summed E-state index contributed by atoms with van der Waals surface area (Å²) < 4.78 is 13.6. The molecule has 5 rings (SSSR count). The number of carbonyl (C=O) groups excluding carboxylic acids is 1. The summed E-state index contributed by atoms with van der Waals surface area (Å²) in [5.41, 5.74) is 3.97. The number of ether oxygens (including phenoxy) is 2. The number of nitrogens with zero attached hydrogens (tertiary/aromatic N) is 2. The SMILES string of the molecule is CCOC(=O)C1=C(c2ccccc2)N=c2s/c(=C\c3cc(Cl)ccc3OC(C)C)c(=O)n2[C@H]1c1ccc(C(C)C)cc1. The molecule has 3 aromatic carbocycles. The van der Waals surface area contributed by atoms with Gasteiger partial charge in [-0.05, 0) is 62.1 Å². The van der Waals surface area contributed by atoms with Gasteiger partial charge in [-0.15, -0.1) is 0 Å². The lowest BCUT2D eigenvalue weighted by Gasteiger charge is -2.26. The highest BCUT2D eigenvalue weighted by atomic mass is 35.5. The van der Waals surface area contributed by atoms with Gasteiger partial charge in [-0.3, -0.25) is 9.36 Å². The van der Waals surface area contributed by atoms with Gasteiger partial charge in [0.1, 0.15) is 5.75 Å². The monoisotopic (exact) mass is 600 g/mol. The molecule has 0 amide bonds. The zero-order valence-corrected chi connectivity index (χ0v) is 25.8. The number of carbonyl (C=O) groups is 1. The fraction of sp³-hybridized carbons (Fsp3) is 0.265. The molecule has 8 heteroatoms. The zero-order chi connectivity index (χ0) is 30.0. The molecule has 2 heterocycles.